The molecule has 0 unspecified atom stereocenters. The molecule has 0 aliphatic heterocycles. The lowest BCUT2D eigenvalue weighted by Gasteiger charge is -2.31. The van der Waals surface area contributed by atoms with Crippen LogP contribution in [0, 0.1) is 5.41 Å². The van der Waals surface area contributed by atoms with Crippen LogP contribution in [0.4, 0.5) is 0 Å². The molecule has 0 heterocycles. The number of hydrogen-bond acceptors (Lipinski definition) is 2. The smallest absolute Gasteiger partial charge is 0.156 e. The van der Waals surface area contributed by atoms with Crippen LogP contribution < -0.4 is 0 Å². The van der Waals surface area contributed by atoms with Crippen LogP contribution >= 0.6 is 0 Å². The van der Waals surface area contributed by atoms with Gasteiger partial charge >= 0.3 is 0 Å². The van der Waals surface area contributed by atoms with Gasteiger partial charge in [0.05, 0.1) is 0 Å². The molecule has 0 aliphatic rings. The Morgan fingerprint density at radius 2 is 0.488 bits per heavy atom. The van der Waals surface area contributed by atoms with E-state index in [2.05, 4.69) is 20.8 Å². The Morgan fingerprint density at radius 1 is 0.317 bits per heavy atom. The van der Waals surface area contributed by atoms with Crippen LogP contribution in [0.2, 0.25) is 0 Å². The summed E-state index contributed by atoms with van der Waals surface area (Å²) in [5.41, 5.74) is -0.313. The average Bonchev–Trinajstić information content (AvgIpc) is 2.96. The van der Waals surface area contributed by atoms with Gasteiger partial charge in [-0.1, -0.05) is 226 Å². The maximum Gasteiger partial charge on any atom is 0.156 e. The lowest BCUT2D eigenvalue weighted by atomic mass is 9.79. The van der Waals surface area contributed by atoms with Gasteiger partial charge in [0.2, 0.25) is 0 Å². The van der Waals surface area contributed by atoms with Crippen molar-refractivity contribution in [3.05, 3.63) is 0 Å². The van der Waals surface area contributed by atoms with Crippen LogP contribution in [-0.4, -0.2) is 16.5 Å². The van der Waals surface area contributed by atoms with Crippen LogP contribution in [0.5, 0.6) is 0 Å². The lowest BCUT2D eigenvalue weighted by Crippen LogP contribution is -2.32. The average molecular weight is 581 g/mol. The molecule has 0 aromatic carbocycles. The highest BCUT2D eigenvalue weighted by Gasteiger charge is 2.30. The van der Waals surface area contributed by atoms with E-state index in [-0.39, 0.29) is 5.41 Å². The van der Waals surface area contributed by atoms with E-state index < -0.39 is 6.29 Å². The van der Waals surface area contributed by atoms with E-state index in [9.17, 15) is 10.2 Å². The van der Waals surface area contributed by atoms with Crippen molar-refractivity contribution < 1.29 is 10.2 Å². The first kappa shape index (κ1) is 40.9. The predicted octanol–water partition coefficient (Wildman–Crippen LogP) is 13.6. The monoisotopic (exact) mass is 581 g/mol. The van der Waals surface area contributed by atoms with Crippen molar-refractivity contribution >= 4 is 0 Å². The highest BCUT2D eigenvalue weighted by Crippen LogP contribution is 2.34. The number of aliphatic hydroxyl groups excluding tert-OH is 1. The molecule has 0 aromatic heterocycles. The largest absolute Gasteiger partial charge is 0.368 e. The van der Waals surface area contributed by atoms with Crippen molar-refractivity contribution in [1.82, 2.24) is 0 Å². The molecular formula is C39H80O2. The first-order valence-corrected chi connectivity index (χ1v) is 19.4. The highest BCUT2D eigenvalue weighted by atomic mass is 16.5. The van der Waals surface area contributed by atoms with E-state index in [1.807, 2.05) is 0 Å². The molecular weight excluding hydrogens is 500 g/mol. The molecule has 0 amide bonds. The normalized spacial score (nSPS) is 12.1. The van der Waals surface area contributed by atoms with Crippen LogP contribution in [0.1, 0.15) is 239 Å². The van der Waals surface area contributed by atoms with Crippen molar-refractivity contribution in [2.45, 2.75) is 245 Å². The molecule has 0 rings (SSSR count). The minimum atomic E-state index is -1.17. The van der Waals surface area contributed by atoms with Gasteiger partial charge in [0, 0.05) is 5.41 Å². The third kappa shape index (κ3) is 29.8. The molecule has 0 radical (unpaired) electrons. The standard InChI is InChI=1S/C39H80O2/c1-4-6-8-10-12-14-16-18-20-22-24-26-28-30-32-34-36-39(3,38(40)41)37-35-33-31-29-27-25-23-21-19-17-15-13-11-9-7-5-2/h38,40-41H,4-37H2,1-3H3. The maximum absolute atomic E-state index is 10.1. The lowest BCUT2D eigenvalue weighted by molar-refractivity contribution is -0.135. The summed E-state index contributed by atoms with van der Waals surface area (Å²) in [5.74, 6) is 0. The van der Waals surface area contributed by atoms with Gasteiger partial charge < -0.3 is 10.2 Å². The van der Waals surface area contributed by atoms with Gasteiger partial charge in [0.15, 0.2) is 6.29 Å². The topological polar surface area (TPSA) is 40.5 Å². The van der Waals surface area contributed by atoms with E-state index in [0.717, 1.165) is 25.7 Å². The minimum absolute atomic E-state index is 0.313. The van der Waals surface area contributed by atoms with Gasteiger partial charge in [-0.2, -0.15) is 0 Å². The van der Waals surface area contributed by atoms with E-state index in [1.165, 1.54) is 193 Å². The summed E-state index contributed by atoms with van der Waals surface area (Å²) < 4.78 is 0. The Kier molecular flexibility index (Phi) is 32.8. The number of hydrogen-bond donors (Lipinski definition) is 2. The molecule has 248 valence electrons. The predicted molar refractivity (Wildman–Crippen MR) is 185 cm³/mol. The van der Waals surface area contributed by atoms with Crippen LogP contribution in [0.3, 0.4) is 0 Å². The second kappa shape index (κ2) is 32.8. The summed E-state index contributed by atoms with van der Waals surface area (Å²) in [5, 5.41) is 20.2. The number of unbranched alkanes of at least 4 members (excludes halogenated alkanes) is 30. The zero-order chi connectivity index (χ0) is 30.1. The van der Waals surface area contributed by atoms with Crippen LogP contribution in [0.15, 0.2) is 0 Å². The van der Waals surface area contributed by atoms with Crippen molar-refractivity contribution in [3.63, 3.8) is 0 Å². The first-order valence-electron chi connectivity index (χ1n) is 19.4. The molecule has 0 bridgehead atoms. The molecule has 0 aliphatic carbocycles. The zero-order valence-electron chi connectivity index (χ0n) is 29.0. The van der Waals surface area contributed by atoms with Gasteiger partial charge in [-0.05, 0) is 12.8 Å². The number of rotatable bonds is 35. The van der Waals surface area contributed by atoms with Gasteiger partial charge in [-0.3, -0.25) is 0 Å². The molecule has 0 saturated heterocycles. The summed E-state index contributed by atoms with van der Waals surface area (Å²) in [6.07, 6.45) is 45.0. The highest BCUT2D eigenvalue weighted by molar-refractivity contribution is 4.76. The molecule has 2 heteroatoms. The maximum atomic E-state index is 10.1. The molecule has 2 N–H and O–H groups in total. The summed E-state index contributed by atoms with van der Waals surface area (Å²) in [4.78, 5) is 0. The molecule has 0 spiro atoms. The van der Waals surface area contributed by atoms with Crippen LogP contribution in [-0.2, 0) is 0 Å². The molecule has 0 fully saturated rings. The van der Waals surface area contributed by atoms with Crippen molar-refractivity contribution in [3.8, 4) is 0 Å². The zero-order valence-corrected chi connectivity index (χ0v) is 29.0. The summed E-state index contributed by atoms with van der Waals surface area (Å²) in [7, 11) is 0. The first-order chi connectivity index (χ1) is 20.1. The fourth-order valence-electron chi connectivity index (χ4n) is 6.54. The Labute approximate surface area is 260 Å². The van der Waals surface area contributed by atoms with Gasteiger partial charge in [-0.15, -0.1) is 0 Å². The molecule has 0 aromatic rings. The molecule has 0 atom stereocenters. The van der Waals surface area contributed by atoms with E-state index >= 15 is 0 Å². The van der Waals surface area contributed by atoms with E-state index in [1.54, 1.807) is 0 Å². The Hall–Kier alpha value is -0.0800. The second-order valence-electron chi connectivity index (χ2n) is 14.1. The third-order valence-electron chi connectivity index (χ3n) is 9.83. The summed E-state index contributed by atoms with van der Waals surface area (Å²) in [6.45, 7) is 6.69. The molecule has 2 nitrogen and oxygen atoms in total. The minimum Gasteiger partial charge on any atom is -0.368 e. The molecule has 41 heavy (non-hydrogen) atoms. The van der Waals surface area contributed by atoms with Crippen molar-refractivity contribution in [2.75, 3.05) is 0 Å². The summed E-state index contributed by atoms with van der Waals surface area (Å²) >= 11 is 0. The fraction of sp³-hybridized carbons (Fsp3) is 1.00. The van der Waals surface area contributed by atoms with Gasteiger partial charge in [0.25, 0.3) is 0 Å². The van der Waals surface area contributed by atoms with Crippen LogP contribution in [0.25, 0.3) is 0 Å². The quantitative estimate of drug-likeness (QED) is 0.0578. The van der Waals surface area contributed by atoms with Gasteiger partial charge in [0.1, 0.15) is 0 Å². The SMILES string of the molecule is CCCCCCCCCCCCCCCCCCC(C)(CCCCCCCCCCCCCCCCCC)C(O)O. The van der Waals surface area contributed by atoms with E-state index in [4.69, 9.17) is 0 Å². The molecule has 0 saturated carbocycles. The third-order valence-corrected chi connectivity index (χ3v) is 9.83. The number of aliphatic hydroxyl groups is 2. The van der Waals surface area contributed by atoms with Gasteiger partial charge in [-0.25, -0.2) is 0 Å². The fourth-order valence-corrected chi connectivity index (χ4v) is 6.54. The van der Waals surface area contributed by atoms with Crippen molar-refractivity contribution in [2.24, 2.45) is 5.41 Å². The summed E-state index contributed by atoms with van der Waals surface area (Å²) in [6, 6.07) is 0. The second-order valence-corrected chi connectivity index (χ2v) is 14.1. The van der Waals surface area contributed by atoms with E-state index in [0.29, 0.717) is 0 Å². The Bertz CT molecular complexity index is 438. The Balaban J connectivity index is 3.50. The Morgan fingerprint density at radius 3 is 0.659 bits per heavy atom. The van der Waals surface area contributed by atoms with Crippen molar-refractivity contribution in [1.29, 1.82) is 0 Å².